The van der Waals surface area contributed by atoms with E-state index in [9.17, 15) is 4.79 Å². The van der Waals surface area contributed by atoms with Crippen molar-refractivity contribution in [3.05, 3.63) is 66.4 Å². The Kier molecular flexibility index (Phi) is 2.88. The molecular weight excluding hydrogens is 258 g/mol. The van der Waals surface area contributed by atoms with E-state index in [4.69, 9.17) is 0 Å². The third-order valence-electron chi connectivity index (χ3n) is 4.46. The van der Waals surface area contributed by atoms with E-state index in [1.165, 1.54) is 5.39 Å². The number of benzene rings is 2. The molecule has 2 aromatic rings. The molecule has 1 amide bonds. The number of piperidine rings is 1. The van der Waals surface area contributed by atoms with E-state index in [-0.39, 0.29) is 5.91 Å². The topological polar surface area (TPSA) is 20.3 Å². The van der Waals surface area contributed by atoms with Crippen molar-refractivity contribution in [2.75, 3.05) is 4.90 Å². The molecule has 21 heavy (non-hydrogen) atoms. The van der Waals surface area contributed by atoms with E-state index in [2.05, 4.69) is 42.5 Å². The lowest BCUT2D eigenvalue weighted by atomic mass is 9.87. The van der Waals surface area contributed by atoms with Crippen LogP contribution >= 0.6 is 0 Å². The number of allylic oxidation sites excluding steroid dienone is 4. The zero-order valence-electron chi connectivity index (χ0n) is 11.8. The van der Waals surface area contributed by atoms with E-state index >= 15 is 0 Å². The summed E-state index contributed by atoms with van der Waals surface area (Å²) in [7, 11) is 0. The maximum Gasteiger partial charge on any atom is 0.231 e. The molecule has 1 aliphatic heterocycles. The van der Waals surface area contributed by atoms with Crippen molar-refractivity contribution in [3.63, 3.8) is 0 Å². The first kappa shape index (κ1) is 12.4. The molecule has 0 saturated carbocycles. The molecule has 0 aromatic heterocycles. The number of nitrogens with zero attached hydrogens (tertiary/aromatic N) is 1. The Labute approximate surface area is 124 Å². The average Bonchev–Trinajstić information content (AvgIpc) is 2.54. The van der Waals surface area contributed by atoms with Crippen LogP contribution in [0.3, 0.4) is 0 Å². The van der Waals surface area contributed by atoms with Gasteiger partial charge in [-0.1, -0.05) is 48.6 Å². The predicted octanol–water partition coefficient (Wildman–Crippen LogP) is 4.43. The van der Waals surface area contributed by atoms with Gasteiger partial charge in [-0.15, -0.1) is 0 Å². The predicted molar refractivity (Wildman–Crippen MR) is 86.0 cm³/mol. The number of carbonyl (C=O) groups is 1. The SMILES string of the molecule is O=C1CCC2CC=CC=C2N1c1cccc2ccccc12. The van der Waals surface area contributed by atoms with Crippen molar-refractivity contribution in [2.24, 2.45) is 5.92 Å². The number of carbonyl (C=O) groups excluding carboxylic acids is 1. The van der Waals surface area contributed by atoms with E-state index in [1.807, 2.05) is 23.1 Å². The third kappa shape index (κ3) is 1.99. The van der Waals surface area contributed by atoms with Crippen molar-refractivity contribution in [1.82, 2.24) is 0 Å². The number of hydrogen-bond acceptors (Lipinski definition) is 1. The lowest BCUT2D eigenvalue weighted by molar-refractivity contribution is -0.119. The summed E-state index contributed by atoms with van der Waals surface area (Å²) < 4.78 is 0. The number of anilines is 1. The largest absolute Gasteiger partial charge is 0.284 e. The molecular formula is C19H17NO. The molecule has 1 unspecified atom stereocenters. The van der Waals surface area contributed by atoms with Crippen LogP contribution in [0.5, 0.6) is 0 Å². The third-order valence-corrected chi connectivity index (χ3v) is 4.46. The van der Waals surface area contributed by atoms with Crippen LogP contribution in [-0.4, -0.2) is 5.91 Å². The maximum atomic E-state index is 12.6. The molecule has 104 valence electrons. The zero-order chi connectivity index (χ0) is 14.2. The Morgan fingerprint density at radius 3 is 2.86 bits per heavy atom. The van der Waals surface area contributed by atoms with E-state index < -0.39 is 0 Å². The van der Waals surface area contributed by atoms with Crippen LogP contribution in [0, 0.1) is 5.92 Å². The minimum absolute atomic E-state index is 0.212. The van der Waals surface area contributed by atoms with Gasteiger partial charge in [-0.25, -0.2) is 0 Å². The van der Waals surface area contributed by atoms with Crippen molar-refractivity contribution < 1.29 is 4.79 Å². The molecule has 0 N–H and O–H groups in total. The molecule has 1 saturated heterocycles. The van der Waals surface area contributed by atoms with Crippen LogP contribution in [0.4, 0.5) is 5.69 Å². The molecule has 1 fully saturated rings. The Bertz CT molecular complexity index is 767. The number of amides is 1. The number of fused-ring (bicyclic) bond motifs is 2. The van der Waals surface area contributed by atoms with Crippen molar-refractivity contribution in [3.8, 4) is 0 Å². The van der Waals surface area contributed by atoms with Gasteiger partial charge in [0.15, 0.2) is 0 Å². The first-order chi connectivity index (χ1) is 10.3. The Morgan fingerprint density at radius 1 is 1.05 bits per heavy atom. The molecule has 0 spiro atoms. The van der Waals surface area contributed by atoms with Gasteiger partial charge < -0.3 is 0 Å². The quantitative estimate of drug-likeness (QED) is 0.754. The van der Waals surface area contributed by atoms with Gasteiger partial charge in [-0.3, -0.25) is 9.69 Å². The van der Waals surface area contributed by atoms with Crippen molar-refractivity contribution >= 4 is 22.4 Å². The fourth-order valence-electron chi connectivity index (χ4n) is 3.42. The van der Waals surface area contributed by atoms with Crippen LogP contribution in [0.1, 0.15) is 19.3 Å². The molecule has 1 heterocycles. The van der Waals surface area contributed by atoms with E-state index in [1.54, 1.807) is 0 Å². The Hall–Kier alpha value is -2.35. The van der Waals surface area contributed by atoms with Gasteiger partial charge in [0.2, 0.25) is 5.91 Å². The average molecular weight is 275 g/mol. The maximum absolute atomic E-state index is 12.6. The molecule has 2 aliphatic rings. The highest BCUT2D eigenvalue weighted by molar-refractivity contribution is 6.06. The normalized spacial score (nSPS) is 21.3. The van der Waals surface area contributed by atoms with Gasteiger partial charge in [0.05, 0.1) is 5.69 Å². The minimum Gasteiger partial charge on any atom is -0.284 e. The standard InChI is InChI=1S/C19H17NO/c21-19-13-12-15-7-2-4-10-17(15)20(19)18-11-5-8-14-6-1-3-9-16(14)18/h1-6,8-11,15H,7,12-13H2. The lowest BCUT2D eigenvalue weighted by Crippen LogP contribution is -2.38. The molecule has 2 nitrogen and oxygen atoms in total. The summed E-state index contributed by atoms with van der Waals surface area (Å²) in [5, 5.41) is 2.32. The summed E-state index contributed by atoms with van der Waals surface area (Å²) in [6.45, 7) is 0. The van der Waals surface area contributed by atoms with Gasteiger partial charge in [-0.05, 0) is 30.4 Å². The Morgan fingerprint density at radius 2 is 1.90 bits per heavy atom. The van der Waals surface area contributed by atoms with Crippen LogP contribution < -0.4 is 4.90 Å². The molecule has 0 bridgehead atoms. The highest BCUT2D eigenvalue weighted by Crippen LogP contribution is 2.39. The van der Waals surface area contributed by atoms with E-state index in [0.29, 0.717) is 12.3 Å². The lowest BCUT2D eigenvalue weighted by Gasteiger charge is -2.37. The second kappa shape index (κ2) is 4.88. The highest BCUT2D eigenvalue weighted by atomic mass is 16.2. The fourth-order valence-corrected chi connectivity index (χ4v) is 3.42. The van der Waals surface area contributed by atoms with Crippen LogP contribution in [0.25, 0.3) is 10.8 Å². The van der Waals surface area contributed by atoms with Gasteiger partial charge >= 0.3 is 0 Å². The van der Waals surface area contributed by atoms with Crippen molar-refractivity contribution in [1.29, 1.82) is 0 Å². The van der Waals surface area contributed by atoms with Crippen molar-refractivity contribution in [2.45, 2.75) is 19.3 Å². The number of rotatable bonds is 1. The molecule has 0 radical (unpaired) electrons. The Balaban J connectivity index is 1.91. The molecule has 2 heteroatoms. The molecule has 1 atom stereocenters. The van der Waals surface area contributed by atoms with Gasteiger partial charge in [-0.2, -0.15) is 0 Å². The second-order valence-corrected chi connectivity index (χ2v) is 5.72. The summed E-state index contributed by atoms with van der Waals surface area (Å²) in [4.78, 5) is 14.5. The van der Waals surface area contributed by atoms with Crippen LogP contribution in [-0.2, 0) is 4.79 Å². The molecule has 4 rings (SSSR count). The summed E-state index contributed by atoms with van der Waals surface area (Å²) >= 11 is 0. The van der Waals surface area contributed by atoms with Crippen LogP contribution in [0.2, 0.25) is 0 Å². The minimum atomic E-state index is 0.212. The van der Waals surface area contributed by atoms with Gasteiger partial charge in [0, 0.05) is 23.4 Å². The summed E-state index contributed by atoms with van der Waals surface area (Å²) in [6, 6.07) is 14.5. The summed E-state index contributed by atoms with van der Waals surface area (Å²) in [6.07, 6.45) is 9.02. The summed E-state index contributed by atoms with van der Waals surface area (Å²) in [5.41, 5.74) is 2.18. The van der Waals surface area contributed by atoms with Gasteiger partial charge in [0.1, 0.15) is 0 Å². The number of hydrogen-bond donors (Lipinski definition) is 0. The monoisotopic (exact) mass is 275 g/mol. The molecule has 1 aliphatic carbocycles. The zero-order valence-corrected chi connectivity index (χ0v) is 11.8. The van der Waals surface area contributed by atoms with E-state index in [0.717, 1.165) is 29.6 Å². The first-order valence-electron chi connectivity index (χ1n) is 7.52. The van der Waals surface area contributed by atoms with Crippen LogP contribution in [0.15, 0.2) is 66.4 Å². The smallest absolute Gasteiger partial charge is 0.231 e. The fraction of sp³-hybridized carbons (Fsp3) is 0.211. The first-order valence-corrected chi connectivity index (χ1v) is 7.52. The second-order valence-electron chi connectivity index (χ2n) is 5.72. The molecule has 2 aromatic carbocycles. The van der Waals surface area contributed by atoms with Gasteiger partial charge in [0.25, 0.3) is 0 Å². The highest BCUT2D eigenvalue weighted by Gasteiger charge is 2.32. The summed E-state index contributed by atoms with van der Waals surface area (Å²) in [5.74, 6) is 0.691.